The summed E-state index contributed by atoms with van der Waals surface area (Å²) in [6.45, 7) is 1.97. The van der Waals surface area contributed by atoms with E-state index in [9.17, 15) is 18.0 Å². The Hall–Kier alpha value is -2.35. The fourth-order valence-corrected chi connectivity index (χ4v) is 2.81. The quantitative estimate of drug-likeness (QED) is 0.890. The van der Waals surface area contributed by atoms with E-state index in [0.717, 1.165) is 38.1 Å². The number of amides is 1. The number of benzene rings is 1. The van der Waals surface area contributed by atoms with Gasteiger partial charge in [0.1, 0.15) is 5.69 Å². The molecule has 1 aromatic heterocycles. The number of piperidine rings is 1. The SMILES string of the molecule is O=C(NCc1ccc(C(F)(F)F)cc1)c1ccn(C2CCCNC2)n1. The minimum absolute atomic E-state index is 0.148. The number of aromatic nitrogens is 2. The monoisotopic (exact) mass is 352 g/mol. The number of hydrogen-bond acceptors (Lipinski definition) is 3. The molecule has 3 rings (SSSR count). The van der Waals surface area contributed by atoms with Gasteiger partial charge in [-0.2, -0.15) is 18.3 Å². The molecule has 5 nitrogen and oxygen atoms in total. The minimum atomic E-state index is -4.36. The molecule has 2 heterocycles. The highest BCUT2D eigenvalue weighted by molar-refractivity contribution is 5.92. The smallest absolute Gasteiger partial charge is 0.347 e. The maximum absolute atomic E-state index is 12.5. The number of carbonyl (C=O) groups excluding carboxylic acids is 1. The Labute approximate surface area is 143 Å². The number of alkyl halides is 3. The van der Waals surface area contributed by atoms with Gasteiger partial charge in [-0.25, -0.2) is 0 Å². The molecule has 25 heavy (non-hydrogen) atoms. The van der Waals surface area contributed by atoms with Crippen LogP contribution in [0.15, 0.2) is 36.5 Å². The molecule has 1 atom stereocenters. The fraction of sp³-hybridized carbons (Fsp3) is 0.412. The van der Waals surface area contributed by atoms with Crippen molar-refractivity contribution in [3.8, 4) is 0 Å². The topological polar surface area (TPSA) is 59.0 Å². The average Bonchev–Trinajstić information content (AvgIpc) is 3.10. The number of halogens is 3. The second kappa shape index (κ2) is 7.26. The van der Waals surface area contributed by atoms with Crippen LogP contribution in [0.25, 0.3) is 0 Å². The van der Waals surface area contributed by atoms with Crippen LogP contribution in [0, 0.1) is 0 Å². The summed E-state index contributed by atoms with van der Waals surface area (Å²) in [5.74, 6) is -0.345. The van der Waals surface area contributed by atoms with E-state index in [1.807, 2.05) is 0 Å². The Balaban J connectivity index is 1.56. The van der Waals surface area contributed by atoms with Crippen LogP contribution >= 0.6 is 0 Å². The summed E-state index contributed by atoms with van der Waals surface area (Å²) < 4.78 is 39.4. The van der Waals surface area contributed by atoms with Crippen LogP contribution in [0.2, 0.25) is 0 Å². The number of nitrogens with zero attached hydrogens (tertiary/aromatic N) is 2. The maximum Gasteiger partial charge on any atom is 0.416 e. The van der Waals surface area contributed by atoms with Crippen LogP contribution in [-0.4, -0.2) is 28.8 Å². The van der Waals surface area contributed by atoms with Crippen molar-refractivity contribution in [2.75, 3.05) is 13.1 Å². The van der Waals surface area contributed by atoms with Crippen molar-refractivity contribution in [1.29, 1.82) is 0 Å². The Morgan fingerprint density at radius 3 is 2.68 bits per heavy atom. The molecular formula is C17H19F3N4O. The van der Waals surface area contributed by atoms with Gasteiger partial charge in [-0.1, -0.05) is 12.1 Å². The first-order valence-electron chi connectivity index (χ1n) is 8.14. The lowest BCUT2D eigenvalue weighted by molar-refractivity contribution is -0.137. The van der Waals surface area contributed by atoms with Crippen LogP contribution in [0.4, 0.5) is 13.2 Å². The van der Waals surface area contributed by atoms with Gasteiger partial charge < -0.3 is 10.6 Å². The molecule has 0 aliphatic carbocycles. The van der Waals surface area contributed by atoms with Gasteiger partial charge in [0.2, 0.25) is 0 Å². The van der Waals surface area contributed by atoms with E-state index in [4.69, 9.17) is 0 Å². The Bertz CT molecular complexity index is 718. The van der Waals surface area contributed by atoms with E-state index < -0.39 is 11.7 Å². The predicted octanol–water partition coefficient (Wildman–Crippen LogP) is 2.76. The van der Waals surface area contributed by atoms with Crippen LogP contribution in [-0.2, 0) is 12.7 Å². The average molecular weight is 352 g/mol. The summed E-state index contributed by atoms with van der Waals surface area (Å²) in [6, 6.07) is 6.62. The van der Waals surface area contributed by atoms with Crippen molar-refractivity contribution in [1.82, 2.24) is 20.4 Å². The first-order valence-corrected chi connectivity index (χ1v) is 8.14. The second-order valence-corrected chi connectivity index (χ2v) is 6.06. The molecule has 134 valence electrons. The van der Waals surface area contributed by atoms with Gasteiger partial charge >= 0.3 is 6.18 Å². The zero-order valence-electron chi connectivity index (χ0n) is 13.5. The summed E-state index contributed by atoms with van der Waals surface area (Å²) in [4.78, 5) is 12.2. The Kier molecular flexibility index (Phi) is 5.08. The molecule has 1 amide bonds. The van der Waals surface area contributed by atoms with Crippen LogP contribution in [0.1, 0.15) is 40.5 Å². The second-order valence-electron chi connectivity index (χ2n) is 6.06. The van der Waals surface area contributed by atoms with Gasteiger partial charge in [0.05, 0.1) is 11.6 Å². The lowest BCUT2D eigenvalue weighted by atomic mass is 10.1. The summed E-state index contributed by atoms with van der Waals surface area (Å²) in [5, 5.41) is 10.3. The van der Waals surface area contributed by atoms with Crippen LogP contribution in [0.5, 0.6) is 0 Å². The molecule has 8 heteroatoms. The highest BCUT2D eigenvalue weighted by atomic mass is 19.4. The minimum Gasteiger partial charge on any atom is -0.347 e. The normalized spacial score (nSPS) is 18.1. The predicted molar refractivity (Wildman–Crippen MR) is 86.0 cm³/mol. The van der Waals surface area contributed by atoms with E-state index in [2.05, 4.69) is 15.7 Å². The molecule has 2 N–H and O–H groups in total. The van der Waals surface area contributed by atoms with Gasteiger partial charge in [0, 0.05) is 19.3 Å². The zero-order chi connectivity index (χ0) is 17.9. The van der Waals surface area contributed by atoms with Crippen molar-refractivity contribution in [2.45, 2.75) is 31.6 Å². The van der Waals surface area contributed by atoms with Gasteiger partial charge in [-0.05, 0) is 43.1 Å². The third-order valence-corrected chi connectivity index (χ3v) is 4.22. The molecule has 0 radical (unpaired) electrons. The molecule has 1 saturated heterocycles. The fourth-order valence-electron chi connectivity index (χ4n) is 2.81. The molecule has 1 unspecified atom stereocenters. The Morgan fingerprint density at radius 1 is 1.28 bits per heavy atom. The molecule has 1 fully saturated rings. The highest BCUT2D eigenvalue weighted by Gasteiger charge is 2.29. The van der Waals surface area contributed by atoms with Gasteiger partial charge in [-0.15, -0.1) is 0 Å². The lowest BCUT2D eigenvalue weighted by Gasteiger charge is -2.22. The molecule has 0 saturated carbocycles. The molecule has 0 bridgehead atoms. The number of carbonyl (C=O) groups is 1. The summed E-state index contributed by atoms with van der Waals surface area (Å²) >= 11 is 0. The standard InChI is InChI=1S/C17H19F3N4O/c18-17(19,20)13-5-3-12(4-6-13)10-22-16(25)15-7-9-24(23-15)14-2-1-8-21-11-14/h3-7,9,14,21H,1-2,8,10-11H2,(H,22,25). The number of rotatable bonds is 4. The van der Waals surface area contributed by atoms with E-state index in [0.29, 0.717) is 11.3 Å². The van der Waals surface area contributed by atoms with Crippen molar-refractivity contribution in [3.63, 3.8) is 0 Å². The van der Waals surface area contributed by atoms with E-state index >= 15 is 0 Å². The van der Waals surface area contributed by atoms with Crippen molar-refractivity contribution in [3.05, 3.63) is 53.3 Å². The van der Waals surface area contributed by atoms with Gasteiger partial charge in [-0.3, -0.25) is 9.48 Å². The van der Waals surface area contributed by atoms with Crippen LogP contribution < -0.4 is 10.6 Å². The summed E-state index contributed by atoms with van der Waals surface area (Å²) in [6.07, 6.45) is -0.492. The summed E-state index contributed by atoms with van der Waals surface area (Å²) in [5.41, 5.74) is 0.192. The molecule has 2 aromatic rings. The third kappa shape index (κ3) is 4.39. The van der Waals surface area contributed by atoms with Crippen molar-refractivity contribution in [2.24, 2.45) is 0 Å². The zero-order valence-corrected chi connectivity index (χ0v) is 13.5. The summed E-state index contributed by atoms with van der Waals surface area (Å²) in [7, 11) is 0. The van der Waals surface area contributed by atoms with E-state index in [1.54, 1.807) is 16.9 Å². The molecule has 0 spiro atoms. The largest absolute Gasteiger partial charge is 0.416 e. The third-order valence-electron chi connectivity index (χ3n) is 4.22. The first-order chi connectivity index (χ1) is 11.9. The molecule has 1 aliphatic heterocycles. The molecular weight excluding hydrogens is 333 g/mol. The lowest BCUT2D eigenvalue weighted by Crippen LogP contribution is -2.32. The van der Waals surface area contributed by atoms with Crippen molar-refractivity contribution < 1.29 is 18.0 Å². The van der Waals surface area contributed by atoms with E-state index in [-0.39, 0.29) is 18.5 Å². The molecule has 1 aromatic carbocycles. The first kappa shape index (κ1) is 17.5. The highest BCUT2D eigenvalue weighted by Crippen LogP contribution is 2.29. The Morgan fingerprint density at radius 2 is 2.04 bits per heavy atom. The number of nitrogens with one attached hydrogen (secondary N) is 2. The van der Waals surface area contributed by atoms with Crippen molar-refractivity contribution >= 4 is 5.91 Å². The molecule has 1 aliphatic rings. The van der Waals surface area contributed by atoms with Crippen LogP contribution in [0.3, 0.4) is 0 Å². The maximum atomic E-state index is 12.5. The van der Waals surface area contributed by atoms with Gasteiger partial charge in [0.15, 0.2) is 0 Å². The van der Waals surface area contributed by atoms with E-state index in [1.165, 1.54) is 12.1 Å². The van der Waals surface area contributed by atoms with Gasteiger partial charge in [0.25, 0.3) is 5.91 Å². The number of hydrogen-bond donors (Lipinski definition) is 2.